The van der Waals surface area contributed by atoms with E-state index in [2.05, 4.69) is 25.6 Å². The van der Waals surface area contributed by atoms with Gasteiger partial charge in [0, 0.05) is 23.4 Å². The van der Waals surface area contributed by atoms with E-state index >= 15 is 0 Å². The molecule has 2 heterocycles. The molecule has 0 aliphatic rings. The van der Waals surface area contributed by atoms with Gasteiger partial charge in [-0.25, -0.2) is 18.7 Å². The van der Waals surface area contributed by atoms with Gasteiger partial charge >= 0.3 is 0 Å². The van der Waals surface area contributed by atoms with Crippen LogP contribution in [0.5, 0.6) is 0 Å². The SMILES string of the molecule is CC(C)Nc1nc2nc(SCc3cccc(F)c3F)nc(N[C@H](C)CO)c2s1. The van der Waals surface area contributed by atoms with Crippen molar-refractivity contribution < 1.29 is 13.9 Å². The van der Waals surface area contributed by atoms with Gasteiger partial charge in [0.25, 0.3) is 0 Å². The number of thioether (sulfide) groups is 1. The Morgan fingerprint density at radius 2 is 1.93 bits per heavy atom. The van der Waals surface area contributed by atoms with Crippen LogP contribution in [0.25, 0.3) is 10.3 Å². The largest absolute Gasteiger partial charge is 0.394 e. The van der Waals surface area contributed by atoms with Crippen molar-refractivity contribution in [3.8, 4) is 0 Å². The second-order valence-electron chi connectivity index (χ2n) is 6.56. The Balaban J connectivity index is 1.91. The molecule has 2 aromatic heterocycles. The molecule has 0 aliphatic carbocycles. The third-order valence-electron chi connectivity index (χ3n) is 3.69. The molecule has 150 valence electrons. The van der Waals surface area contributed by atoms with Gasteiger partial charge in [-0.3, -0.25) is 0 Å². The Bertz CT molecular complexity index is 967. The molecular formula is C18H21F2N5OS2. The van der Waals surface area contributed by atoms with Crippen LogP contribution in [0.1, 0.15) is 26.3 Å². The van der Waals surface area contributed by atoms with E-state index in [-0.39, 0.29) is 30.0 Å². The lowest BCUT2D eigenvalue weighted by Gasteiger charge is -2.12. The highest BCUT2D eigenvalue weighted by Crippen LogP contribution is 2.33. The van der Waals surface area contributed by atoms with Gasteiger partial charge in [-0.15, -0.1) is 0 Å². The van der Waals surface area contributed by atoms with Crippen LogP contribution < -0.4 is 10.6 Å². The van der Waals surface area contributed by atoms with Gasteiger partial charge in [-0.2, -0.15) is 4.98 Å². The number of rotatable bonds is 8. The van der Waals surface area contributed by atoms with Gasteiger partial charge in [-0.1, -0.05) is 35.2 Å². The van der Waals surface area contributed by atoms with Crippen molar-refractivity contribution in [1.82, 2.24) is 15.0 Å². The predicted octanol–water partition coefficient (Wildman–Crippen LogP) is 4.27. The summed E-state index contributed by atoms with van der Waals surface area (Å²) in [6.45, 7) is 5.80. The molecule has 0 unspecified atom stereocenters. The van der Waals surface area contributed by atoms with E-state index in [9.17, 15) is 13.9 Å². The number of nitrogens with one attached hydrogen (secondary N) is 2. The molecule has 28 heavy (non-hydrogen) atoms. The third kappa shape index (κ3) is 4.86. The average molecular weight is 426 g/mol. The summed E-state index contributed by atoms with van der Waals surface area (Å²) in [5, 5.41) is 16.9. The molecule has 1 aromatic carbocycles. The first kappa shape index (κ1) is 20.7. The number of thiazole rings is 1. The van der Waals surface area contributed by atoms with Crippen molar-refractivity contribution in [2.45, 2.75) is 43.8 Å². The van der Waals surface area contributed by atoms with E-state index < -0.39 is 11.6 Å². The van der Waals surface area contributed by atoms with Crippen molar-refractivity contribution in [3.05, 3.63) is 35.4 Å². The number of halogens is 2. The number of nitrogens with zero attached hydrogens (tertiary/aromatic N) is 3. The number of aliphatic hydroxyl groups is 1. The lowest BCUT2D eigenvalue weighted by Crippen LogP contribution is -2.20. The molecule has 0 amide bonds. The lowest BCUT2D eigenvalue weighted by atomic mass is 10.2. The number of aromatic nitrogens is 3. The van der Waals surface area contributed by atoms with Gasteiger partial charge in [0.15, 0.2) is 33.4 Å². The predicted molar refractivity (Wildman–Crippen MR) is 110 cm³/mol. The molecule has 6 nitrogen and oxygen atoms in total. The Hall–Kier alpha value is -2.04. The van der Waals surface area contributed by atoms with Crippen LogP contribution in [0.3, 0.4) is 0 Å². The highest BCUT2D eigenvalue weighted by molar-refractivity contribution is 7.98. The summed E-state index contributed by atoms with van der Waals surface area (Å²) in [6, 6.07) is 4.10. The van der Waals surface area contributed by atoms with Crippen LogP contribution in [0.4, 0.5) is 19.7 Å². The smallest absolute Gasteiger partial charge is 0.191 e. The number of hydrogen-bond donors (Lipinski definition) is 3. The average Bonchev–Trinajstić information content (AvgIpc) is 3.04. The molecule has 3 N–H and O–H groups in total. The lowest BCUT2D eigenvalue weighted by molar-refractivity contribution is 0.281. The maximum absolute atomic E-state index is 13.9. The Morgan fingerprint density at radius 1 is 1.14 bits per heavy atom. The molecule has 1 atom stereocenters. The zero-order valence-corrected chi connectivity index (χ0v) is 17.3. The number of hydrogen-bond acceptors (Lipinski definition) is 8. The second kappa shape index (κ2) is 8.97. The quantitative estimate of drug-likeness (QED) is 0.367. The zero-order valence-electron chi connectivity index (χ0n) is 15.7. The summed E-state index contributed by atoms with van der Waals surface area (Å²) in [6.07, 6.45) is 0. The maximum atomic E-state index is 13.9. The number of aliphatic hydroxyl groups excluding tert-OH is 1. The molecule has 0 radical (unpaired) electrons. The fourth-order valence-electron chi connectivity index (χ4n) is 2.36. The highest BCUT2D eigenvalue weighted by Gasteiger charge is 2.17. The first-order chi connectivity index (χ1) is 13.4. The summed E-state index contributed by atoms with van der Waals surface area (Å²) in [5.41, 5.74) is 0.755. The van der Waals surface area contributed by atoms with Crippen molar-refractivity contribution in [2.24, 2.45) is 0 Å². The van der Waals surface area contributed by atoms with Crippen LogP contribution in [0.2, 0.25) is 0 Å². The van der Waals surface area contributed by atoms with Crippen molar-refractivity contribution in [3.63, 3.8) is 0 Å². The van der Waals surface area contributed by atoms with Crippen LogP contribution in [-0.4, -0.2) is 38.7 Å². The van der Waals surface area contributed by atoms with Gasteiger partial charge in [0.1, 0.15) is 4.70 Å². The molecule has 0 fully saturated rings. The summed E-state index contributed by atoms with van der Waals surface area (Å²) in [5.74, 6) is -0.994. The number of anilines is 2. The van der Waals surface area contributed by atoms with E-state index in [1.54, 1.807) is 0 Å². The van der Waals surface area contributed by atoms with Gasteiger partial charge in [-0.05, 0) is 26.8 Å². The minimum absolute atomic E-state index is 0.0572. The molecular weight excluding hydrogens is 404 g/mol. The van der Waals surface area contributed by atoms with E-state index in [1.807, 2.05) is 20.8 Å². The fraction of sp³-hybridized carbons (Fsp3) is 0.389. The fourth-order valence-corrected chi connectivity index (χ4v) is 4.17. The number of fused-ring (bicyclic) bond motifs is 1. The third-order valence-corrected chi connectivity index (χ3v) is 5.57. The van der Waals surface area contributed by atoms with E-state index in [1.165, 1.54) is 35.2 Å². The summed E-state index contributed by atoms with van der Waals surface area (Å²) < 4.78 is 28.1. The molecule has 10 heteroatoms. The summed E-state index contributed by atoms with van der Waals surface area (Å²) in [4.78, 5) is 13.5. The minimum Gasteiger partial charge on any atom is -0.394 e. The van der Waals surface area contributed by atoms with E-state index in [0.717, 1.165) is 15.9 Å². The highest BCUT2D eigenvalue weighted by atomic mass is 32.2. The first-order valence-corrected chi connectivity index (χ1v) is 10.6. The molecule has 0 aliphatic heterocycles. The molecule has 0 bridgehead atoms. The monoisotopic (exact) mass is 425 g/mol. The van der Waals surface area contributed by atoms with Crippen LogP contribution >= 0.6 is 23.1 Å². The van der Waals surface area contributed by atoms with Gasteiger partial charge in [0.2, 0.25) is 0 Å². The van der Waals surface area contributed by atoms with Crippen molar-refractivity contribution in [1.29, 1.82) is 0 Å². The minimum atomic E-state index is -0.877. The van der Waals surface area contributed by atoms with Crippen molar-refractivity contribution >= 4 is 44.4 Å². The zero-order chi connectivity index (χ0) is 20.3. The molecule has 3 aromatic rings. The van der Waals surface area contributed by atoms with Gasteiger partial charge < -0.3 is 15.7 Å². The molecule has 0 spiro atoms. The van der Waals surface area contributed by atoms with Crippen LogP contribution in [0.15, 0.2) is 23.4 Å². The van der Waals surface area contributed by atoms with E-state index in [0.29, 0.717) is 16.6 Å². The Kier molecular flexibility index (Phi) is 6.63. The van der Waals surface area contributed by atoms with Crippen LogP contribution in [-0.2, 0) is 5.75 Å². The summed E-state index contributed by atoms with van der Waals surface area (Å²) >= 11 is 2.62. The topological polar surface area (TPSA) is 83.0 Å². The molecule has 0 saturated heterocycles. The van der Waals surface area contributed by atoms with Gasteiger partial charge in [0.05, 0.1) is 6.61 Å². The Morgan fingerprint density at radius 3 is 2.64 bits per heavy atom. The second-order valence-corrected chi connectivity index (χ2v) is 8.50. The number of benzene rings is 1. The molecule has 3 rings (SSSR count). The summed E-state index contributed by atoms with van der Waals surface area (Å²) in [7, 11) is 0. The first-order valence-electron chi connectivity index (χ1n) is 8.75. The van der Waals surface area contributed by atoms with Crippen LogP contribution in [0, 0.1) is 11.6 Å². The normalized spacial score (nSPS) is 12.5. The maximum Gasteiger partial charge on any atom is 0.191 e. The van der Waals surface area contributed by atoms with Crippen molar-refractivity contribution in [2.75, 3.05) is 17.2 Å². The Labute approximate surface area is 169 Å². The standard InChI is InChI=1S/C18H21F2N5OS2/c1-9(2)21-18-25-16-14(28-18)15(22-10(3)7-26)23-17(24-16)27-8-11-5-4-6-12(19)13(11)20/h4-6,9-10,26H,7-8H2,1-3H3,(H2,21,22,23,24,25)/t10-/m1/s1. The molecule has 0 saturated carbocycles. The van der Waals surface area contributed by atoms with E-state index in [4.69, 9.17) is 0 Å².